The molecule has 0 aliphatic rings. The van der Waals surface area contributed by atoms with Crippen LogP contribution in [-0.2, 0) is 0 Å². The van der Waals surface area contributed by atoms with Crippen LogP contribution in [0.3, 0.4) is 0 Å². The van der Waals surface area contributed by atoms with E-state index in [1.807, 2.05) is 0 Å². The first kappa shape index (κ1) is 15.5. The summed E-state index contributed by atoms with van der Waals surface area (Å²) < 4.78 is 10.3. The molecule has 0 saturated heterocycles. The maximum atomic E-state index is 12.2. The topological polar surface area (TPSA) is 47.6 Å². The Hall–Kier alpha value is -1.91. The van der Waals surface area contributed by atoms with Gasteiger partial charge in [0.15, 0.2) is 11.5 Å². The van der Waals surface area contributed by atoms with E-state index in [0.29, 0.717) is 32.8 Å². The second kappa shape index (κ2) is 6.70. The third-order valence-electron chi connectivity index (χ3n) is 2.85. The molecule has 0 aliphatic carbocycles. The fraction of sp³-hybridized carbons (Fsp3) is 0.133. The number of halogens is 2. The summed E-state index contributed by atoms with van der Waals surface area (Å²) in [5, 5.41) is 3.38. The molecular weight excluding hydrogens is 313 g/mol. The molecule has 0 fully saturated rings. The first-order valence-corrected chi connectivity index (χ1v) is 6.79. The first-order valence-electron chi connectivity index (χ1n) is 6.04. The van der Waals surface area contributed by atoms with Gasteiger partial charge in [0, 0.05) is 5.56 Å². The minimum atomic E-state index is -0.319. The summed E-state index contributed by atoms with van der Waals surface area (Å²) >= 11 is 12.0. The molecule has 0 bridgehead atoms. The fourth-order valence-corrected chi connectivity index (χ4v) is 2.12. The Morgan fingerprint density at radius 1 is 1.05 bits per heavy atom. The smallest absolute Gasteiger partial charge is 0.255 e. The van der Waals surface area contributed by atoms with Crippen LogP contribution in [0.4, 0.5) is 5.69 Å². The normalized spacial score (nSPS) is 10.1. The number of amides is 1. The number of carbonyl (C=O) groups is 1. The number of hydrogen-bond donors (Lipinski definition) is 1. The largest absolute Gasteiger partial charge is 0.493 e. The minimum Gasteiger partial charge on any atom is -0.493 e. The minimum absolute atomic E-state index is 0.299. The molecule has 110 valence electrons. The lowest BCUT2D eigenvalue weighted by Gasteiger charge is -2.11. The lowest BCUT2D eigenvalue weighted by atomic mass is 10.2. The summed E-state index contributed by atoms with van der Waals surface area (Å²) in [4.78, 5) is 12.2. The second-order valence-corrected chi connectivity index (χ2v) is 4.91. The molecule has 0 atom stereocenters. The van der Waals surface area contributed by atoms with Gasteiger partial charge in [-0.15, -0.1) is 0 Å². The SMILES string of the molecule is COc1ccc(C(=O)Nc2cccc(Cl)c2Cl)cc1OC. The monoisotopic (exact) mass is 325 g/mol. The van der Waals surface area contributed by atoms with Gasteiger partial charge in [-0.2, -0.15) is 0 Å². The van der Waals surface area contributed by atoms with E-state index < -0.39 is 0 Å². The summed E-state index contributed by atoms with van der Waals surface area (Å²) in [7, 11) is 3.04. The maximum Gasteiger partial charge on any atom is 0.255 e. The molecule has 6 heteroatoms. The highest BCUT2D eigenvalue weighted by Crippen LogP contribution is 2.31. The van der Waals surface area contributed by atoms with Gasteiger partial charge >= 0.3 is 0 Å². The Labute approximate surface area is 132 Å². The van der Waals surface area contributed by atoms with Crippen LogP contribution in [0.2, 0.25) is 10.0 Å². The van der Waals surface area contributed by atoms with Crippen molar-refractivity contribution in [2.45, 2.75) is 0 Å². The molecule has 0 aromatic heterocycles. The van der Waals surface area contributed by atoms with Gasteiger partial charge in [0.1, 0.15) is 0 Å². The molecule has 2 rings (SSSR count). The molecule has 0 heterocycles. The average molecular weight is 326 g/mol. The molecule has 1 N–H and O–H groups in total. The Morgan fingerprint density at radius 2 is 1.76 bits per heavy atom. The van der Waals surface area contributed by atoms with E-state index in [1.54, 1.807) is 36.4 Å². The number of methoxy groups -OCH3 is 2. The van der Waals surface area contributed by atoms with Crippen LogP contribution in [0.15, 0.2) is 36.4 Å². The van der Waals surface area contributed by atoms with Crippen LogP contribution in [0, 0.1) is 0 Å². The average Bonchev–Trinajstić information content (AvgIpc) is 2.51. The van der Waals surface area contributed by atoms with Crippen molar-refractivity contribution in [1.29, 1.82) is 0 Å². The van der Waals surface area contributed by atoms with Gasteiger partial charge in [-0.3, -0.25) is 4.79 Å². The molecule has 2 aromatic carbocycles. The van der Waals surface area contributed by atoms with Crippen molar-refractivity contribution in [3.05, 3.63) is 52.0 Å². The molecule has 0 radical (unpaired) electrons. The van der Waals surface area contributed by atoms with Crippen molar-refractivity contribution in [2.75, 3.05) is 19.5 Å². The Morgan fingerprint density at radius 3 is 2.43 bits per heavy atom. The molecule has 21 heavy (non-hydrogen) atoms. The quantitative estimate of drug-likeness (QED) is 0.913. The van der Waals surface area contributed by atoms with E-state index in [-0.39, 0.29) is 5.91 Å². The van der Waals surface area contributed by atoms with Gasteiger partial charge in [-0.25, -0.2) is 0 Å². The number of nitrogens with one attached hydrogen (secondary N) is 1. The summed E-state index contributed by atoms with van der Waals surface area (Å²) in [5.74, 6) is 0.706. The predicted octanol–water partition coefficient (Wildman–Crippen LogP) is 4.26. The molecule has 2 aromatic rings. The Kier molecular flexibility index (Phi) is 4.94. The highest BCUT2D eigenvalue weighted by molar-refractivity contribution is 6.44. The van der Waals surface area contributed by atoms with Crippen LogP contribution in [0.25, 0.3) is 0 Å². The number of benzene rings is 2. The number of ether oxygens (including phenoxy) is 2. The molecule has 4 nitrogen and oxygen atoms in total. The third-order valence-corrected chi connectivity index (χ3v) is 3.66. The summed E-state index contributed by atoms with van der Waals surface area (Å²) in [6.45, 7) is 0. The van der Waals surface area contributed by atoms with Crippen LogP contribution in [0.1, 0.15) is 10.4 Å². The number of anilines is 1. The van der Waals surface area contributed by atoms with E-state index in [9.17, 15) is 4.79 Å². The third kappa shape index (κ3) is 3.40. The zero-order chi connectivity index (χ0) is 15.4. The van der Waals surface area contributed by atoms with Gasteiger partial charge in [0.05, 0.1) is 30.0 Å². The van der Waals surface area contributed by atoms with E-state index in [0.717, 1.165) is 0 Å². The van der Waals surface area contributed by atoms with E-state index >= 15 is 0 Å². The van der Waals surface area contributed by atoms with E-state index in [4.69, 9.17) is 32.7 Å². The lowest BCUT2D eigenvalue weighted by Crippen LogP contribution is -2.12. The predicted molar refractivity (Wildman–Crippen MR) is 84.0 cm³/mol. The second-order valence-electron chi connectivity index (χ2n) is 4.13. The Bertz CT molecular complexity index is 674. The van der Waals surface area contributed by atoms with Crippen molar-refractivity contribution in [3.8, 4) is 11.5 Å². The lowest BCUT2D eigenvalue weighted by molar-refractivity contribution is 0.102. The van der Waals surface area contributed by atoms with Crippen LogP contribution in [0.5, 0.6) is 11.5 Å². The van der Waals surface area contributed by atoms with Crippen LogP contribution in [-0.4, -0.2) is 20.1 Å². The van der Waals surface area contributed by atoms with Crippen molar-refractivity contribution >= 4 is 34.8 Å². The van der Waals surface area contributed by atoms with E-state index in [1.165, 1.54) is 14.2 Å². The number of carbonyl (C=O) groups excluding carboxylic acids is 1. The molecule has 1 amide bonds. The van der Waals surface area contributed by atoms with Crippen molar-refractivity contribution in [1.82, 2.24) is 0 Å². The molecule has 0 aliphatic heterocycles. The van der Waals surface area contributed by atoms with E-state index in [2.05, 4.69) is 5.32 Å². The zero-order valence-electron chi connectivity index (χ0n) is 11.4. The van der Waals surface area contributed by atoms with Gasteiger partial charge in [0.25, 0.3) is 5.91 Å². The molecule has 0 unspecified atom stereocenters. The highest BCUT2D eigenvalue weighted by Gasteiger charge is 2.13. The first-order chi connectivity index (χ1) is 10.1. The zero-order valence-corrected chi connectivity index (χ0v) is 13.0. The van der Waals surface area contributed by atoms with Crippen molar-refractivity contribution < 1.29 is 14.3 Å². The van der Waals surface area contributed by atoms with Gasteiger partial charge < -0.3 is 14.8 Å². The van der Waals surface area contributed by atoms with Gasteiger partial charge in [0.2, 0.25) is 0 Å². The van der Waals surface area contributed by atoms with Crippen LogP contribution >= 0.6 is 23.2 Å². The highest BCUT2D eigenvalue weighted by atomic mass is 35.5. The Balaban J connectivity index is 2.26. The number of rotatable bonds is 4. The standard InChI is InChI=1S/C15H13Cl2NO3/c1-20-12-7-6-9(8-13(12)21-2)15(19)18-11-5-3-4-10(16)14(11)17/h3-8H,1-2H3,(H,18,19). The number of hydrogen-bond acceptors (Lipinski definition) is 3. The van der Waals surface area contributed by atoms with Crippen LogP contribution < -0.4 is 14.8 Å². The van der Waals surface area contributed by atoms with Crippen molar-refractivity contribution in [3.63, 3.8) is 0 Å². The molecular formula is C15H13Cl2NO3. The maximum absolute atomic E-state index is 12.2. The van der Waals surface area contributed by atoms with Crippen molar-refractivity contribution in [2.24, 2.45) is 0 Å². The summed E-state index contributed by atoms with van der Waals surface area (Å²) in [6.07, 6.45) is 0. The molecule has 0 spiro atoms. The van der Waals surface area contributed by atoms with Gasteiger partial charge in [-0.1, -0.05) is 29.3 Å². The summed E-state index contributed by atoms with van der Waals surface area (Å²) in [6, 6.07) is 9.91. The summed E-state index contributed by atoms with van der Waals surface area (Å²) in [5.41, 5.74) is 0.868. The van der Waals surface area contributed by atoms with Gasteiger partial charge in [-0.05, 0) is 30.3 Å². The molecule has 0 saturated carbocycles. The fourth-order valence-electron chi connectivity index (χ4n) is 1.77.